The van der Waals surface area contributed by atoms with E-state index in [4.69, 9.17) is 0 Å². The summed E-state index contributed by atoms with van der Waals surface area (Å²) in [6.45, 7) is 18.1. The van der Waals surface area contributed by atoms with E-state index < -0.39 is 0 Å². The second-order valence-electron chi connectivity index (χ2n) is 12.0. The Hall–Kier alpha value is -2.09. The molecule has 0 fully saturated rings. The molecule has 2 aromatic rings. The van der Waals surface area contributed by atoms with Gasteiger partial charge in [-0.1, -0.05) is 20.8 Å². The maximum absolute atomic E-state index is 2.69. The molecule has 0 aromatic heterocycles. The minimum Gasteiger partial charge on any atom is -0.366 e. The molecule has 0 bridgehead atoms. The van der Waals surface area contributed by atoms with Gasteiger partial charge < -0.3 is 4.90 Å². The molecule has 3 aliphatic heterocycles. The van der Waals surface area contributed by atoms with Crippen LogP contribution in [0.1, 0.15) is 100 Å². The summed E-state index contributed by atoms with van der Waals surface area (Å²) in [5, 5.41) is 3.10. The number of anilines is 1. The Kier molecular flexibility index (Phi) is 4.30. The monoisotopic (exact) mass is 427 g/mol. The van der Waals surface area contributed by atoms with E-state index in [-0.39, 0.29) is 11.0 Å². The van der Waals surface area contributed by atoms with Crippen molar-refractivity contribution in [2.75, 3.05) is 24.5 Å². The molecule has 4 aliphatic rings. The van der Waals surface area contributed by atoms with E-state index in [1.807, 2.05) is 0 Å². The molecule has 168 valence electrons. The van der Waals surface area contributed by atoms with Gasteiger partial charge >= 0.3 is 0 Å². The van der Waals surface area contributed by atoms with Gasteiger partial charge in [-0.2, -0.15) is 0 Å². The molecule has 0 N–H and O–H groups in total. The molecule has 2 nitrogen and oxygen atoms in total. The second kappa shape index (κ2) is 6.72. The van der Waals surface area contributed by atoms with Crippen molar-refractivity contribution in [3.05, 3.63) is 62.2 Å². The van der Waals surface area contributed by atoms with Crippen LogP contribution in [0.2, 0.25) is 0 Å². The Labute approximate surface area is 193 Å². The van der Waals surface area contributed by atoms with Crippen molar-refractivity contribution in [2.45, 2.75) is 90.5 Å². The van der Waals surface area contributed by atoms with E-state index >= 15 is 0 Å². The van der Waals surface area contributed by atoms with E-state index in [1.165, 1.54) is 67.2 Å². The molecule has 0 saturated carbocycles. The Balaban J connectivity index is 1.66. The van der Waals surface area contributed by atoms with Gasteiger partial charge in [0.2, 0.25) is 5.36 Å². The van der Waals surface area contributed by atoms with Crippen molar-refractivity contribution >= 4 is 11.8 Å². The Morgan fingerprint density at radius 2 is 1.78 bits per heavy atom. The van der Waals surface area contributed by atoms with Crippen molar-refractivity contribution < 1.29 is 0 Å². The smallest absolute Gasteiger partial charge is 0.206 e. The molecule has 1 aliphatic carbocycles. The maximum Gasteiger partial charge on any atom is 0.206 e. The predicted octanol–water partition coefficient (Wildman–Crippen LogP) is 4.65. The van der Waals surface area contributed by atoms with Crippen LogP contribution in [0.4, 0.5) is 5.69 Å². The topological polar surface area (TPSA) is 6.25 Å². The standard InChI is InChI=1S/C30H39N2/c1-7-32-26-17-25-21(16-24(26)19(2)18-29(32,3)4)15-22-14-20-10-8-12-31-13-9-11-23(28(20)31)27(22)30(25,5)6/h14-17,19H,7-13,18H2,1-6H3/q+1. The fourth-order valence-electron chi connectivity index (χ4n) is 7.84. The fourth-order valence-corrected chi connectivity index (χ4v) is 7.84. The molecule has 0 spiro atoms. The maximum atomic E-state index is 2.69. The highest BCUT2D eigenvalue weighted by atomic mass is 15.2. The summed E-state index contributed by atoms with van der Waals surface area (Å²) in [5.74, 6) is 0.601. The van der Waals surface area contributed by atoms with Gasteiger partial charge in [0.25, 0.3) is 0 Å². The van der Waals surface area contributed by atoms with E-state index in [0.717, 1.165) is 6.54 Å². The molecule has 6 rings (SSSR count). The van der Waals surface area contributed by atoms with Crippen LogP contribution in [0.15, 0.2) is 18.2 Å². The van der Waals surface area contributed by atoms with Crippen LogP contribution in [-0.4, -0.2) is 25.2 Å². The first-order chi connectivity index (χ1) is 15.2. The van der Waals surface area contributed by atoms with Crippen LogP contribution >= 0.6 is 0 Å². The van der Waals surface area contributed by atoms with Gasteiger partial charge in [-0.05, 0) is 97.7 Å². The van der Waals surface area contributed by atoms with Crippen LogP contribution in [0.25, 0.3) is 6.08 Å². The molecular weight excluding hydrogens is 388 g/mol. The summed E-state index contributed by atoms with van der Waals surface area (Å²) in [7, 11) is 0. The summed E-state index contributed by atoms with van der Waals surface area (Å²) in [6, 6.07) is 7.69. The second-order valence-corrected chi connectivity index (χ2v) is 12.0. The average Bonchev–Trinajstić information content (AvgIpc) is 2.73. The van der Waals surface area contributed by atoms with Crippen LogP contribution < -0.4 is 20.1 Å². The number of fused-ring (bicyclic) bond motifs is 4. The third-order valence-electron chi connectivity index (χ3n) is 9.04. The molecular formula is C30H39N2+. The molecule has 1 unspecified atom stereocenters. The largest absolute Gasteiger partial charge is 0.366 e. The zero-order valence-corrected chi connectivity index (χ0v) is 20.9. The summed E-state index contributed by atoms with van der Waals surface area (Å²) in [5.41, 5.74) is 11.1. The molecule has 0 saturated heterocycles. The van der Waals surface area contributed by atoms with Gasteiger partial charge in [-0.25, -0.2) is 4.58 Å². The average molecular weight is 428 g/mol. The van der Waals surface area contributed by atoms with Gasteiger partial charge in [0, 0.05) is 47.2 Å². The van der Waals surface area contributed by atoms with Gasteiger partial charge in [-0.3, -0.25) is 0 Å². The molecule has 1 atom stereocenters. The van der Waals surface area contributed by atoms with Gasteiger partial charge in [0.1, 0.15) is 13.1 Å². The quantitative estimate of drug-likeness (QED) is 0.601. The number of nitrogens with zero attached hydrogens (tertiary/aromatic N) is 2. The molecule has 32 heavy (non-hydrogen) atoms. The van der Waals surface area contributed by atoms with Crippen molar-refractivity contribution in [1.82, 2.24) is 4.58 Å². The van der Waals surface area contributed by atoms with E-state index in [2.05, 4.69) is 75.3 Å². The molecule has 3 heterocycles. The van der Waals surface area contributed by atoms with Gasteiger partial charge in [0.05, 0.1) is 0 Å². The van der Waals surface area contributed by atoms with Crippen molar-refractivity contribution in [3.63, 3.8) is 0 Å². The SMILES string of the molecule is CCN1c2cc3c(cc2C(C)CC1(C)C)C=c1cc2c4c(c1C3(C)C)CCC[N+]=4CCC2. The van der Waals surface area contributed by atoms with Crippen LogP contribution in [0.5, 0.6) is 0 Å². The highest BCUT2D eigenvalue weighted by molar-refractivity contribution is 5.73. The molecule has 0 amide bonds. The van der Waals surface area contributed by atoms with E-state index in [9.17, 15) is 0 Å². The summed E-state index contributed by atoms with van der Waals surface area (Å²) in [6.07, 6.45) is 8.84. The number of aryl methyl sites for hydroxylation is 1. The number of hydrogen-bond acceptors (Lipinski definition) is 1. The molecule has 2 aromatic carbocycles. The third kappa shape index (κ3) is 2.68. The lowest BCUT2D eigenvalue weighted by Gasteiger charge is -2.48. The third-order valence-corrected chi connectivity index (χ3v) is 9.04. The fraction of sp³-hybridized carbons (Fsp3) is 0.567. The Morgan fingerprint density at radius 1 is 1.03 bits per heavy atom. The summed E-state index contributed by atoms with van der Waals surface area (Å²) in [4.78, 5) is 2.66. The Morgan fingerprint density at radius 3 is 2.53 bits per heavy atom. The first-order valence-corrected chi connectivity index (χ1v) is 13.0. The zero-order valence-electron chi connectivity index (χ0n) is 20.9. The van der Waals surface area contributed by atoms with E-state index in [0.29, 0.717) is 5.92 Å². The number of benzene rings is 2. The van der Waals surface area contributed by atoms with E-state index in [1.54, 1.807) is 27.6 Å². The van der Waals surface area contributed by atoms with Crippen LogP contribution in [-0.2, 0) is 18.3 Å². The highest BCUT2D eigenvalue weighted by Crippen LogP contribution is 2.47. The molecule has 0 radical (unpaired) electrons. The Bertz CT molecular complexity index is 1260. The normalized spacial score (nSPS) is 24.1. The number of hydrogen-bond donors (Lipinski definition) is 0. The lowest BCUT2D eigenvalue weighted by Crippen LogP contribution is -2.49. The molecule has 2 heteroatoms. The zero-order chi connectivity index (χ0) is 22.4. The van der Waals surface area contributed by atoms with Crippen molar-refractivity contribution in [3.8, 4) is 0 Å². The first-order valence-electron chi connectivity index (χ1n) is 13.0. The van der Waals surface area contributed by atoms with Gasteiger partial charge in [0.15, 0.2) is 0 Å². The predicted molar refractivity (Wildman–Crippen MR) is 136 cm³/mol. The lowest BCUT2D eigenvalue weighted by atomic mass is 9.67. The highest BCUT2D eigenvalue weighted by Gasteiger charge is 2.40. The van der Waals surface area contributed by atoms with Crippen LogP contribution in [0.3, 0.4) is 0 Å². The summed E-state index contributed by atoms with van der Waals surface area (Å²) >= 11 is 0. The summed E-state index contributed by atoms with van der Waals surface area (Å²) < 4.78 is 2.69. The lowest BCUT2D eigenvalue weighted by molar-refractivity contribution is 0.381. The van der Waals surface area contributed by atoms with Crippen molar-refractivity contribution in [2.24, 2.45) is 0 Å². The first kappa shape index (κ1) is 20.5. The van der Waals surface area contributed by atoms with Crippen LogP contribution in [0, 0.1) is 0 Å². The van der Waals surface area contributed by atoms with Crippen molar-refractivity contribution in [1.29, 1.82) is 0 Å². The van der Waals surface area contributed by atoms with Gasteiger partial charge in [-0.15, -0.1) is 0 Å². The minimum atomic E-state index is 0.0313. The minimum absolute atomic E-state index is 0.0313. The number of rotatable bonds is 1.